The van der Waals surface area contributed by atoms with E-state index in [1.807, 2.05) is 30.3 Å². The van der Waals surface area contributed by atoms with E-state index >= 15 is 0 Å². The lowest BCUT2D eigenvalue weighted by Crippen LogP contribution is -2.56. The highest BCUT2D eigenvalue weighted by Crippen LogP contribution is 2.25. The van der Waals surface area contributed by atoms with Crippen LogP contribution in [0.3, 0.4) is 0 Å². The molecule has 0 bridgehead atoms. The maximum absolute atomic E-state index is 12.2. The van der Waals surface area contributed by atoms with Crippen molar-refractivity contribution in [3.63, 3.8) is 0 Å². The molecule has 5 nitrogen and oxygen atoms in total. The van der Waals surface area contributed by atoms with Crippen molar-refractivity contribution in [3.8, 4) is 0 Å². The summed E-state index contributed by atoms with van der Waals surface area (Å²) < 4.78 is 0. The van der Waals surface area contributed by atoms with Crippen molar-refractivity contribution in [2.24, 2.45) is 5.73 Å². The molecule has 0 aromatic heterocycles. The van der Waals surface area contributed by atoms with E-state index in [1.165, 1.54) is 0 Å². The number of nitrogens with two attached hydrogens (primary N) is 1. The third kappa shape index (κ3) is 4.31. The number of hydrogen-bond acceptors (Lipinski definition) is 3. The predicted octanol–water partition coefficient (Wildman–Crippen LogP) is 1.42. The summed E-state index contributed by atoms with van der Waals surface area (Å²) in [7, 11) is 1.74. The smallest absolute Gasteiger partial charge is 0.242 e. The van der Waals surface area contributed by atoms with E-state index in [2.05, 4.69) is 5.32 Å². The quantitative estimate of drug-likeness (QED) is 0.864. The number of likely N-dealkylation sites (N-methyl/N-ethyl adjacent to an activating group) is 1. The molecule has 5 heteroatoms. The fraction of sp³-hybridized carbons (Fsp3) is 0.529. The van der Waals surface area contributed by atoms with Gasteiger partial charge in [-0.25, -0.2) is 0 Å². The van der Waals surface area contributed by atoms with Crippen LogP contribution in [0.4, 0.5) is 0 Å². The summed E-state index contributed by atoms with van der Waals surface area (Å²) in [6.07, 6.45) is 4.49. The second-order valence-corrected chi connectivity index (χ2v) is 6.13. The van der Waals surface area contributed by atoms with Crippen LogP contribution in [0.1, 0.15) is 37.7 Å². The first-order chi connectivity index (χ1) is 10.5. The van der Waals surface area contributed by atoms with Gasteiger partial charge in [0.25, 0.3) is 0 Å². The molecule has 1 saturated carbocycles. The standard InChI is InChI=1S/C17H25N3O2/c1-20(13-14-8-4-2-5-9-14)15(21)12-19-16(22)17(18)10-6-3-7-11-17/h2,4-5,8-9H,3,6-7,10-13,18H2,1H3,(H,19,22). The minimum atomic E-state index is -0.795. The molecule has 120 valence electrons. The number of hydrogen-bond donors (Lipinski definition) is 2. The molecule has 0 aliphatic heterocycles. The van der Waals surface area contributed by atoms with Crippen molar-refractivity contribution in [2.45, 2.75) is 44.2 Å². The minimum absolute atomic E-state index is 0.00111. The number of nitrogens with one attached hydrogen (secondary N) is 1. The molecule has 0 radical (unpaired) electrons. The van der Waals surface area contributed by atoms with Crippen LogP contribution >= 0.6 is 0 Å². The Kier molecular flexibility index (Phi) is 5.55. The predicted molar refractivity (Wildman–Crippen MR) is 85.9 cm³/mol. The summed E-state index contributed by atoms with van der Waals surface area (Å²) >= 11 is 0. The highest BCUT2D eigenvalue weighted by atomic mass is 16.2. The third-order valence-corrected chi connectivity index (χ3v) is 4.29. The van der Waals surface area contributed by atoms with Gasteiger partial charge in [-0.1, -0.05) is 49.6 Å². The summed E-state index contributed by atoms with van der Waals surface area (Å²) in [5.41, 5.74) is 6.42. The van der Waals surface area contributed by atoms with Crippen LogP contribution in [0, 0.1) is 0 Å². The molecule has 2 amide bonds. The van der Waals surface area contributed by atoms with Crippen molar-refractivity contribution < 1.29 is 9.59 Å². The molecule has 22 heavy (non-hydrogen) atoms. The highest BCUT2D eigenvalue weighted by Gasteiger charge is 2.35. The molecule has 2 rings (SSSR count). The topological polar surface area (TPSA) is 75.4 Å². The molecule has 0 spiro atoms. The van der Waals surface area contributed by atoms with Crippen LogP contribution in [0.15, 0.2) is 30.3 Å². The molecule has 0 heterocycles. The normalized spacial score (nSPS) is 16.8. The molecule has 1 aliphatic carbocycles. The first-order valence-corrected chi connectivity index (χ1v) is 7.86. The number of nitrogens with zero attached hydrogens (tertiary/aromatic N) is 1. The van der Waals surface area contributed by atoms with Crippen molar-refractivity contribution in [2.75, 3.05) is 13.6 Å². The molecule has 3 N–H and O–H groups in total. The van der Waals surface area contributed by atoms with Gasteiger partial charge in [-0.3, -0.25) is 9.59 Å². The fourth-order valence-corrected chi connectivity index (χ4v) is 2.82. The van der Waals surface area contributed by atoms with Crippen LogP contribution < -0.4 is 11.1 Å². The van der Waals surface area contributed by atoms with Crippen LogP contribution in [0.5, 0.6) is 0 Å². The summed E-state index contributed by atoms with van der Waals surface area (Å²) in [6, 6.07) is 9.77. The molecule has 1 aromatic carbocycles. The van der Waals surface area contributed by atoms with Crippen LogP contribution in [0.2, 0.25) is 0 Å². The zero-order chi connectivity index (χ0) is 16.0. The lowest BCUT2D eigenvalue weighted by atomic mass is 9.82. The Morgan fingerprint density at radius 2 is 1.82 bits per heavy atom. The highest BCUT2D eigenvalue weighted by molar-refractivity contribution is 5.90. The summed E-state index contributed by atoms with van der Waals surface area (Å²) in [5, 5.41) is 2.70. The van der Waals surface area contributed by atoms with E-state index in [-0.39, 0.29) is 18.4 Å². The van der Waals surface area contributed by atoms with E-state index in [9.17, 15) is 9.59 Å². The van der Waals surface area contributed by atoms with Gasteiger partial charge in [0.05, 0.1) is 12.1 Å². The van der Waals surface area contributed by atoms with Gasteiger partial charge < -0.3 is 16.0 Å². The second-order valence-electron chi connectivity index (χ2n) is 6.13. The zero-order valence-corrected chi connectivity index (χ0v) is 13.2. The second kappa shape index (κ2) is 7.40. The average Bonchev–Trinajstić information content (AvgIpc) is 2.53. The van der Waals surface area contributed by atoms with E-state index in [1.54, 1.807) is 11.9 Å². The number of amides is 2. The minimum Gasteiger partial charge on any atom is -0.345 e. The van der Waals surface area contributed by atoms with Gasteiger partial charge in [0.1, 0.15) is 0 Å². The zero-order valence-electron chi connectivity index (χ0n) is 13.2. The first kappa shape index (κ1) is 16.5. The lowest BCUT2D eigenvalue weighted by molar-refractivity contribution is -0.134. The van der Waals surface area contributed by atoms with Crippen molar-refractivity contribution >= 4 is 11.8 Å². The van der Waals surface area contributed by atoms with E-state index in [4.69, 9.17) is 5.73 Å². The van der Waals surface area contributed by atoms with E-state index < -0.39 is 5.54 Å². The maximum Gasteiger partial charge on any atom is 0.242 e. The summed E-state index contributed by atoms with van der Waals surface area (Å²) in [4.78, 5) is 25.9. The maximum atomic E-state index is 12.2. The Labute approximate surface area is 131 Å². The largest absolute Gasteiger partial charge is 0.345 e. The molecule has 1 aromatic rings. The SMILES string of the molecule is CN(Cc1ccccc1)C(=O)CNC(=O)C1(N)CCCCC1. The van der Waals surface area contributed by atoms with Crippen LogP contribution in [0.25, 0.3) is 0 Å². The Hall–Kier alpha value is -1.88. The van der Waals surface area contributed by atoms with Gasteiger partial charge >= 0.3 is 0 Å². The molecular formula is C17H25N3O2. The summed E-state index contributed by atoms with van der Waals surface area (Å²) in [5.74, 6) is -0.315. The van der Waals surface area contributed by atoms with E-state index in [0.717, 1.165) is 24.8 Å². The van der Waals surface area contributed by atoms with Gasteiger partial charge in [0.15, 0.2) is 0 Å². The molecule has 0 atom stereocenters. The Morgan fingerprint density at radius 3 is 2.45 bits per heavy atom. The molecule has 1 aliphatic rings. The van der Waals surface area contributed by atoms with Crippen molar-refractivity contribution in [3.05, 3.63) is 35.9 Å². The number of carbonyl (C=O) groups is 2. The first-order valence-electron chi connectivity index (χ1n) is 7.86. The number of benzene rings is 1. The Morgan fingerprint density at radius 1 is 1.18 bits per heavy atom. The molecule has 0 saturated heterocycles. The Balaban J connectivity index is 1.80. The number of rotatable bonds is 5. The van der Waals surface area contributed by atoms with Gasteiger partial charge in [0.2, 0.25) is 11.8 Å². The van der Waals surface area contributed by atoms with E-state index in [0.29, 0.717) is 19.4 Å². The molecule has 1 fully saturated rings. The van der Waals surface area contributed by atoms with Crippen molar-refractivity contribution in [1.82, 2.24) is 10.2 Å². The average molecular weight is 303 g/mol. The Bertz CT molecular complexity index is 510. The molecule has 0 unspecified atom stereocenters. The lowest BCUT2D eigenvalue weighted by Gasteiger charge is -2.31. The van der Waals surface area contributed by atoms with Gasteiger partial charge in [0, 0.05) is 13.6 Å². The van der Waals surface area contributed by atoms with Crippen molar-refractivity contribution in [1.29, 1.82) is 0 Å². The third-order valence-electron chi connectivity index (χ3n) is 4.29. The fourth-order valence-electron chi connectivity index (χ4n) is 2.82. The number of carbonyl (C=O) groups excluding carboxylic acids is 2. The van der Waals surface area contributed by atoms with Gasteiger partial charge in [-0.2, -0.15) is 0 Å². The van der Waals surface area contributed by atoms with Crippen LogP contribution in [-0.2, 0) is 16.1 Å². The monoisotopic (exact) mass is 303 g/mol. The van der Waals surface area contributed by atoms with Crippen LogP contribution in [-0.4, -0.2) is 35.8 Å². The molecular weight excluding hydrogens is 278 g/mol. The van der Waals surface area contributed by atoms with Gasteiger partial charge in [-0.05, 0) is 18.4 Å². The summed E-state index contributed by atoms with van der Waals surface area (Å²) in [6.45, 7) is 0.532. The van der Waals surface area contributed by atoms with Gasteiger partial charge in [-0.15, -0.1) is 0 Å².